The Morgan fingerprint density at radius 2 is 1.21 bits per heavy atom. The van der Waals surface area contributed by atoms with Gasteiger partial charge in [0.1, 0.15) is 11.5 Å². The van der Waals surface area contributed by atoms with Crippen molar-refractivity contribution in [1.29, 1.82) is 0 Å². The molecule has 2 rings (SSSR count). The van der Waals surface area contributed by atoms with Gasteiger partial charge in [0.05, 0.1) is 0 Å². The summed E-state index contributed by atoms with van der Waals surface area (Å²) in [6.07, 6.45) is 1.35. The first kappa shape index (κ1) is 18.4. The van der Waals surface area contributed by atoms with Crippen LogP contribution in [0.3, 0.4) is 0 Å². The van der Waals surface area contributed by atoms with Crippen LogP contribution < -0.4 is 0 Å². The molecule has 0 unspecified atom stereocenters. The Morgan fingerprint density at radius 1 is 0.708 bits per heavy atom. The minimum Gasteiger partial charge on any atom is -0.507 e. The fourth-order valence-corrected chi connectivity index (χ4v) is 3.05. The summed E-state index contributed by atoms with van der Waals surface area (Å²) < 4.78 is 0. The zero-order chi connectivity index (χ0) is 18.1. The first-order valence-corrected chi connectivity index (χ1v) is 8.60. The van der Waals surface area contributed by atoms with Gasteiger partial charge in [-0.05, 0) is 39.5 Å². The number of benzene rings is 2. The van der Waals surface area contributed by atoms with E-state index in [4.69, 9.17) is 0 Å². The second-order valence-corrected chi connectivity index (χ2v) is 8.90. The average Bonchev–Trinajstić information content (AvgIpc) is 2.42. The van der Waals surface area contributed by atoms with E-state index in [-0.39, 0.29) is 10.8 Å². The molecule has 0 heterocycles. The van der Waals surface area contributed by atoms with Crippen LogP contribution in [-0.2, 0) is 18.3 Å². The van der Waals surface area contributed by atoms with Gasteiger partial charge >= 0.3 is 0 Å². The van der Waals surface area contributed by atoms with Crippen molar-refractivity contribution in [1.82, 2.24) is 0 Å². The van der Waals surface area contributed by atoms with Gasteiger partial charge in [-0.2, -0.15) is 0 Å². The summed E-state index contributed by atoms with van der Waals surface area (Å²) >= 11 is 0. The van der Waals surface area contributed by atoms with E-state index in [0.29, 0.717) is 17.9 Å². The smallest absolute Gasteiger partial charge is 0.122 e. The molecule has 2 nitrogen and oxygen atoms in total. The molecule has 2 aromatic rings. The molecule has 0 atom stereocenters. The zero-order valence-electron chi connectivity index (χ0n) is 15.8. The van der Waals surface area contributed by atoms with Gasteiger partial charge < -0.3 is 10.2 Å². The Bertz CT molecular complexity index is 716. The number of hydrogen-bond acceptors (Lipinski definition) is 2. The van der Waals surface area contributed by atoms with Gasteiger partial charge in [0.2, 0.25) is 0 Å². The molecular formula is C22H30O2. The molecule has 0 amide bonds. The third-order valence-corrected chi connectivity index (χ3v) is 4.23. The standard InChI is InChI=1S/C22H30O2/c1-21(2,3)14-17-11-7-9-15(19(17)23)13-16-10-8-12-18(20(16)24)22(4,5)6/h7-12,23-24H,13-14H2,1-6H3. The Morgan fingerprint density at radius 3 is 1.75 bits per heavy atom. The molecule has 0 aliphatic heterocycles. The number of phenolic OH excluding ortho intramolecular Hbond substituents is 2. The lowest BCUT2D eigenvalue weighted by atomic mass is 9.84. The molecule has 2 heteroatoms. The van der Waals surface area contributed by atoms with Crippen molar-refractivity contribution >= 4 is 0 Å². The highest BCUT2D eigenvalue weighted by Crippen LogP contribution is 2.36. The van der Waals surface area contributed by atoms with Crippen LogP contribution in [0, 0.1) is 5.41 Å². The van der Waals surface area contributed by atoms with Crippen LogP contribution in [0.4, 0.5) is 0 Å². The molecule has 130 valence electrons. The largest absolute Gasteiger partial charge is 0.507 e. The normalized spacial score (nSPS) is 12.4. The predicted octanol–water partition coefficient (Wildman–Crippen LogP) is 5.57. The summed E-state index contributed by atoms with van der Waals surface area (Å²) in [5, 5.41) is 21.3. The van der Waals surface area contributed by atoms with Crippen molar-refractivity contribution in [3.8, 4) is 11.5 Å². The molecule has 0 radical (unpaired) electrons. The lowest BCUT2D eigenvalue weighted by Gasteiger charge is -2.22. The number of hydrogen-bond donors (Lipinski definition) is 2. The van der Waals surface area contributed by atoms with E-state index in [2.05, 4.69) is 41.5 Å². The maximum Gasteiger partial charge on any atom is 0.122 e. The number of phenols is 2. The zero-order valence-corrected chi connectivity index (χ0v) is 15.8. The summed E-state index contributed by atoms with van der Waals surface area (Å²) in [4.78, 5) is 0. The first-order valence-electron chi connectivity index (χ1n) is 8.60. The van der Waals surface area contributed by atoms with E-state index >= 15 is 0 Å². The van der Waals surface area contributed by atoms with Crippen LogP contribution in [0.15, 0.2) is 36.4 Å². The summed E-state index contributed by atoms with van der Waals surface area (Å²) in [6.45, 7) is 12.8. The van der Waals surface area contributed by atoms with Crippen LogP contribution in [-0.4, -0.2) is 10.2 Å². The fraction of sp³-hybridized carbons (Fsp3) is 0.455. The minimum atomic E-state index is -0.115. The molecule has 0 aliphatic carbocycles. The summed E-state index contributed by atoms with van der Waals surface area (Å²) in [5.74, 6) is 0.693. The monoisotopic (exact) mass is 326 g/mol. The molecule has 24 heavy (non-hydrogen) atoms. The van der Waals surface area contributed by atoms with E-state index in [1.165, 1.54) is 0 Å². The Labute approximate surface area is 146 Å². The Hall–Kier alpha value is -1.96. The average molecular weight is 326 g/mol. The van der Waals surface area contributed by atoms with E-state index in [1.807, 2.05) is 36.4 Å². The lowest BCUT2D eigenvalue weighted by molar-refractivity contribution is 0.393. The first-order chi connectivity index (χ1) is 11.0. The van der Waals surface area contributed by atoms with Gasteiger partial charge in [0.15, 0.2) is 0 Å². The predicted molar refractivity (Wildman–Crippen MR) is 101 cm³/mol. The fourth-order valence-electron chi connectivity index (χ4n) is 3.05. The van der Waals surface area contributed by atoms with Crippen LogP contribution >= 0.6 is 0 Å². The third kappa shape index (κ3) is 4.31. The maximum absolute atomic E-state index is 10.7. The van der Waals surface area contributed by atoms with E-state index in [9.17, 15) is 10.2 Å². The van der Waals surface area contributed by atoms with Gasteiger partial charge in [-0.25, -0.2) is 0 Å². The molecule has 0 aliphatic rings. The second-order valence-electron chi connectivity index (χ2n) is 8.90. The molecule has 0 saturated carbocycles. The molecule has 0 bridgehead atoms. The molecule has 2 N–H and O–H groups in total. The van der Waals surface area contributed by atoms with Gasteiger partial charge in [0, 0.05) is 6.42 Å². The lowest BCUT2D eigenvalue weighted by Crippen LogP contribution is -2.12. The van der Waals surface area contributed by atoms with Crippen molar-refractivity contribution in [2.45, 2.75) is 59.8 Å². The molecule has 0 saturated heterocycles. The molecular weight excluding hydrogens is 296 g/mol. The van der Waals surface area contributed by atoms with E-state index in [0.717, 1.165) is 28.7 Å². The molecule has 0 spiro atoms. The number of rotatable bonds is 3. The quantitative estimate of drug-likeness (QED) is 0.773. The Balaban J connectivity index is 2.38. The van der Waals surface area contributed by atoms with E-state index in [1.54, 1.807) is 0 Å². The third-order valence-electron chi connectivity index (χ3n) is 4.23. The maximum atomic E-state index is 10.7. The highest BCUT2D eigenvalue weighted by Gasteiger charge is 2.21. The van der Waals surface area contributed by atoms with Gasteiger partial charge in [-0.15, -0.1) is 0 Å². The van der Waals surface area contributed by atoms with Crippen LogP contribution in [0.5, 0.6) is 11.5 Å². The van der Waals surface area contributed by atoms with Crippen molar-refractivity contribution in [2.75, 3.05) is 0 Å². The van der Waals surface area contributed by atoms with Gasteiger partial charge in [0.25, 0.3) is 0 Å². The second kappa shape index (κ2) is 6.51. The minimum absolute atomic E-state index is 0.115. The van der Waals surface area contributed by atoms with E-state index < -0.39 is 0 Å². The summed E-state index contributed by atoms with van der Waals surface area (Å²) in [5.41, 5.74) is 3.61. The molecule has 0 fully saturated rings. The van der Waals surface area contributed by atoms with Crippen molar-refractivity contribution < 1.29 is 10.2 Å². The van der Waals surface area contributed by atoms with Crippen LogP contribution in [0.2, 0.25) is 0 Å². The highest BCUT2D eigenvalue weighted by atomic mass is 16.3. The Kier molecular flexibility index (Phi) is 4.98. The van der Waals surface area contributed by atoms with Crippen molar-refractivity contribution in [2.24, 2.45) is 5.41 Å². The van der Waals surface area contributed by atoms with Gasteiger partial charge in [-0.1, -0.05) is 77.9 Å². The van der Waals surface area contributed by atoms with Crippen molar-refractivity contribution in [3.05, 3.63) is 58.7 Å². The molecule has 0 aromatic heterocycles. The van der Waals surface area contributed by atoms with Crippen LogP contribution in [0.25, 0.3) is 0 Å². The highest BCUT2D eigenvalue weighted by molar-refractivity contribution is 5.49. The van der Waals surface area contributed by atoms with Crippen LogP contribution in [0.1, 0.15) is 63.8 Å². The van der Waals surface area contributed by atoms with Gasteiger partial charge in [-0.3, -0.25) is 0 Å². The summed E-state index contributed by atoms with van der Waals surface area (Å²) in [7, 11) is 0. The summed E-state index contributed by atoms with van der Waals surface area (Å²) in [6, 6.07) is 11.8. The SMILES string of the molecule is CC(C)(C)Cc1cccc(Cc2cccc(C(C)(C)C)c2O)c1O. The van der Waals surface area contributed by atoms with Crippen molar-refractivity contribution in [3.63, 3.8) is 0 Å². The topological polar surface area (TPSA) is 40.5 Å². The number of aromatic hydroxyl groups is 2. The number of para-hydroxylation sites is 2. The molecule has 2 aromatic carbocycles.